The molecule has 0 aliphatic rings. The van der Waals surface area contributed by atoms with Crippen molar-refractivity contribution in [3.8, 4) is 11.1 Å². The van der Waals surface area contributed by atoms with Crippen molar-refractivity contribution in [2.75, 3.05) is 0 Å². The van der Waals surface area contributed by atoms with Crippen LogP contribution in [0.3, 0.4) is 0 Å². The molecule has 0 radical (unpaired) electrons. The lowest BCUT2D eigenvalue weighted by Crippen LogP contribution is -2.29. The Morgan fingerprint density at radius 2 is 1.46 bits per heavy atom. The molecule has 192 valence electrons. The number of nitrogens with zero attached hydrogens (tertiary/aromatic N) is 1. The summed E-state index contributed by atoms with van der Waals surface area (Å²) in [6.45, 7) is -0.366. The van der Waals surface area contributed by atoms with Gasteiger partial charge in [0, 0.05) is 34.3 Å². The Morgan fingerprint density at radius 3 is 2.03 bits per heavy atom. The molecule has 3 aromatic carbocycles. The summed E-state index contributed by atoms with van der Waals surface area (Å²) >= 11 is 6.17. The molecule has 4 nitrogen and oxygen atoms in total. The first-order chi connectivity index (χ1) is 17.3. The van der Waals surface area contributed by atoms with Crippen LogP contribution in [0.2, 0.25) is 5.02 Å². The van der Waals surface area contributed by atoms with E-state index in [0.29, 0.717) is 39.1 Å². The number of nitrogens with one attached hydrogen (secondary N) is 1. The first-order valence-electron chi connectivity index (χ1n) is 10.7. The number of benzene rings is 3. The molecule has 0 aliphatic carbocycles. The molecule has 0 unspecified atom stereocenters. The number of aromatic nitrogens is 1. The third-order valence-electron chi connectivity index (χ3n) is 5.81. The first-order valence-corrected chi connectivity index (χ1v) is 11.1. The maximum Gasteiger partial charge on any atom is 0.416 e. The zero-order chi connectivity index (χ0) is 27.1. The number of hydrogen-bond acceptors (Lipinski definition) is 2. The third kappa shape index (κ3) is 5.34. The number of halogens is 7. The van der Waals surface area contributed by atoms with Crippen LogP contribution < -0.4 is 10.9 Å². The van der Waals surface area contributed by atoms with Gasteiger partial charge in [0.2, 0.25) is 0 Å². The van der Waals surface area contributed by atoms with E-state index in [1.807, 2.05) is 0 Å². The van der Waals surface area contributed by atoms with Gasteiger partial charge in [-0.15, -0.1) is 0 Å². The summed E-state index contributed by atoms with van der Waals surface area (Å²) < 4.78 is 80.6. The SMILES string of the molecule is Cn1c(CNC(=O)c2cc(C(F)(F)F)cc(C(F)(F)F)c2)c(-c2ccccc2)c2cc(Cl)ccc2c1=O. The van der Waals surface area contributed by atoms with Crippen LogP contribution >= 0.6 is 11.6 Å². The molecule has 0 saturated heterocycles. The number of carbonyl (C=O) groups is 1. The number of alkyl halides is 6. The van der Waals surface area contributed by atoms with Crippen molar-refractivity contribution in [2.24, 2.45) is 7.05 Å². The Bertz CT molecular complexity index is 1530. The van der Waals surface area contributed by atoms with Crippen LogP contribution in [0.15, 0.2) is 71.5 Å². The van der Waals surface area contributed by atoms with Gasteiger partial charge in [-0.2, -0.15) is 26.3 Å². The number of carbonyl (C=O) groups excluding carboxylic acids is 1. The standard InChI is InChI=1S/C26H17ClF6N2O2/c1-35-21(13-34-23(36)15-9-16(25(28,29)30)11-17(10-15)26(31,32)33)22(14-5-3-2-4-6-14)20-12-18(27)7-8-19(20)24(35)37/h2-12H,13H2,1H3,(H,34,36). The molecule has 0 bridgehead atoms. The smallest absolute Gasteiger partial charge is 0.346 e. The molecular weight excluding hydrogens is 522 g/mol. The van der Waals surface area contributed by atoms with Gasteiger partial charge in [-0.3, -0.25) is 9.59 Å². The summed E-state index contributed by atoms with van der Waals surface area (Å²) in [6.07, 6.45) is -10.2. The minimum atomic E-state index is -5.10. The van der Waals surface area contributed by atoms with Gasteiger partial charge in [0.25, 0.3) is 11.5 Å². The van der Waals surface area contributed by atoms with Crippen LogP contribution in [0.4, 0.5) is 26.3 Å². The van der Waals surface area contributed by atoms with E-state index in [4.69, 9.17) is 11.6 Å². The van der Waals surface area contributed by atoms with Crippen molar-refractivity contribution in [3.63, 3.8) is 0 Å². The highest BCUT2D eigenvalue weighted by Gasteiger charge is 2.37. The van der Waals surface area contributed by atoms with Crippen molar-refractivity contribution >= 4 is 28.3 Å². The average molecular weight is 539 g/mol. The Morgan fingerprint density at radius 1 is 0.865 bits per heavy atom. The Balaban J connectivity index is 1.81. The predicted octanol–water partition coefficient (Wildman–Crippen LogP) is 6.83. The third-order valence-corrected chi connectivity index (χ3v) is 6.04. The molecule has 0 saturated carbocycles. The number of rotatable bonds is 4. The lowest BCUT2D eigenvalue weighted by atomic mass is 9.96. The van der Waals surface area contributed by atoms with Gasteiger partial charge in [-0.25, -0.2) is 0 Å². The summed E-state index contributed by atoms with van der Waals surface area (Å²) in [6, 6.07) is 14.1. The maximum atomic E-state index is 13.2. The molecule has 4 rings (SSSR count). The second kappa shape index (κ2) is 9.59. The van der Waals surface area contributed by atoms with Gasteiger partial charge in [-0.05, 0) is 47.3 Å². The summed E-state index contributed by atoms with van der Waals surface area (Å²) in [5.74, 6) is -1.17. The molecule has 1 aromatic heterocycles. The van der Waals surface area contributed by atoms with Gasteiger partial charge in [-0.1, -0.05) is 41.9 Å². The molecule has 0 fully saturated rings. The van der Waals surface area contributed by atoms with Crippen LogP contribution in [0.25, 0.3) is 21.9 Å². The summed E-state index contributed by atoms with van der Waals surface area (Å²) in [5.41, 5.74) is -2.99. The lowest BCUT2D eigenvalue weighted by molar-refractivity contribution is -0.143. The van der Waals surface area contributed by atoms with Gasteiger partial charge in [0.15, 0.2) is 0 Å². The largest absolute Gasteiger partial charge is 0.416 e. The maximum absolute atomic E-state index is 13.2. The molecule has 1 heterocycles. The van der Waals surface area contributed by atoms with Crippen molar-refractivity contribution < 1.29 is 31.1 Å². The number of amides is 1. The van der Waals surface area contributed by atoms with Crippen LogP contribution in [-0.4, -0.2) is 10.5 Å². The molecule has 0 spiro atoms. The second-order valence-corrected chi connectivity index (χ2v) is 8.66. The van der Waals surface area contributed by atoms with Crippen LogP contribution in [0.5, 0.6) is 0 Å². The normalized spacial score (nSPS) is 12.1. The average Bonchev–Trinajstić information content (AvgIpc) is 2.84. The van der Waals surface area contributed by atoms with Crippen LogP contribution in [-0.2, 0) is 25.9 Å². The van der Waals surface area contributed by atoms with Crippen molar-refractivity contribution in [1.29, 1.82) is 0 Å². The molecule has 0 atom stereocenters. The Hall–Kier alpha value is -3.79. The van der Waals surface area contributed by atoms with Crippen molar-refractivity contribution in [2.45, 2.75) is 18.9 Å². The van der Waals surface area contributed by atoms with E-state index in [9.17, 15) is 35.9 Å². The topological polar surface area (TPSA) is 51.1 Å². The molecule has 4 aromatic rings. The Kier molecular flexibility index (Phi) is 6.81. The predicted molar refractivity (Wildman–Crippen MR) is 127 cm³/mol. The van der Waals surface area contributed by atoms with E-state index in [2.05, 4.69) is 5.32 Å². The monoisotopic (exact) mass is 538 g/mol. The minimum absolute atomic E-state index is 0.0545. The molecule has 1 amide bonds. The highest BCUT2D eigenvalue weighted by Crippen LogP contribution is 2.36. The fraction of sp³-hybridized carbons (Fsp3) is 0.154. The highest BCUT2D eigenvalue weighted by molar-refractivity contribution is 6.31. The fourth-order valence-electron chi connectivity index (χ4n) is 4.02. The molecule has 11 heteroatoms. The van der Waals surface area contributed by atoms with Gasteiger partial charge in [0.05, 0.1) is 17.7 Å². The summed E-state index contributed by atoms with van der Waals surface area (Å²) in [7, 11) is 1.45. The molecule has 37 heavy (non-hydrogen) atoms. The fourth-order valence-corrected chi connectivity index (χ4v) is 4.19. The summed E-state index contributed by atoms with van der Waals surface area (Å²) in [4.78, 5) is 25.8. The van der Waals surface area contributed by atoms with E-state index in [1.54, 1.807) is 48.5 Å². The van der Waals surface area contributed by atoms with E-state index in [-0.39, 0.29) is 18.3 Å². The van der Waals surface area contributed by atoms with E-state index in [0.717, 1.165) is 0 Å². The van der Waals surface area contributed by atoms with Gasteiger partial charge in [0.1, 0.15) is 0 Å². The zero-order valence-corrected chi connectivity index (χ0v) is 19.7. The van der Waals surface area contributed by atoms with Crippen LogP contribution in [0.1, 0.15) is 27.2 Å². The quantitative estimate of drug-likeness (QED) is 0.290. The molecule has 0 aliphatic heterocycles. The van der Waals surface area contributed by atoms with Crippen molar-refractivity contribution in [3.05, 3.63) is 104 Å². The van der Waals surface area contributed by atoms with E-state index in [1.165, 1.54) is 11.6 Å². The second-order valence-electron chi connectivity index (χ2n) is 8.22. The molecular formula is C26H17ClF6N2O2. The molecule has 1 N–H and O–H groups in total. The highest BCUT2D eigenvalue weighted by atomic mass is 35.5. The summed E-state index contributed by atoms with van der Waals surface area (Å²) in [5, 5.41) is 3.53. The number of hydrogen-bond donors (Lipinski definition) is 1. The Labute approximate surface area is 211 Å². The van der Waals surface area contributed by atoms with E-state index >= 15 is 0 Å². The van der Waals surface area contributed by atoms with Gasteiger partial charge < -0.3 is 9.88 Å². The first kappa shape index (κ1) is 26.3. The van der Waals surface area contributed by atoms with Crippen molar-refractivity contribution in [1.82, 2.24) is 9.88 Å². The lowest BCUT2D eigenvalue weighted by Gasteiger charge is -2.19. The van der Waals surface area contributed by atoms with E-state index < -0.39 is 40.5 Å². The minimum Gasteiger partial charge on any atom is -0.346 e. The zero-order valence-electron chi connectivity index (χ0n) is 19.0. The number of pyridine rings is 1. The van der Waals surface area contributed by atoms with Gasteiger partial charge >= 0.3 is 12.4 Å². The van der Waals surface area contributed by atoms with Crippen LogP contribution in [0, 0.1) is 0 Å². The number of fused-ring (bicyclic) bond motifs is 1.